The highest BCUT2D eigenvalue weighted by molar-refractivity contribution is 7.12. The summed E-state index contributed by atoms with van der Waals surface area (Å²) in [6.45, 7) is 8.50. The van der Waals surface area contributed by atoms with Crippen LogP contribution in [-0.2, 0) is 4.79 Å². The van der Waals surface area contributed by atoms with Gasteiger partial charge in [-0.05, 0) is 24.3 Å². The van der Waals surface area contributed by atoms with Crippen LogP contribution in [0.15, 0.2) is 52.4 Å². The van der Waals surface area contributed by atoms with E-state index in [2.05, 4.69) is 20.4 Å². The van der Waals surface area contributed by atoms with Gasteiger partial charge in [-0.3, -0.25) is 14.5 Å². The molecular formula is C24H29N5O3S. The van der Waals surface area contributed by atoms with Gasteiger partial charge >= 0.3 is 0 Å². The Labute approximate surface area is 197 Å². The topological polar surface area (TPSA) is 91.6 Å². The number of amides is 2. The Morgan fingerprint density at radius 3 is 2.39 bits per heavy atom. The van der Waals surface area contributed by atoms with Gasteiger partial charge in [0.05, 0.1) is 10.9 Å². The Morgan fingerprint density at radius 1 is 1.03 bits per heavy atom. The third-order valence-corrected chi connectivity index (χ3v) is 6.84. The zero-order valence-electron chi connectivity index (χ0n) is 19.1. The van der Waals surface area contributed by atoms with Crippen molar-refractivity contribution >= 4 is 23.2 Å². The summed E-state index contributed by atoms with van der Waals surface area (Å²) in [4.78, 5) is 35.0. The van der Waals surface area contributed by atoms with Gasteiger partial charge in [0.2, 0.25) is 17.6 Å². The lowest BCUT2D eigenvalue weighted by Crippen LogP contribution is -2.56. The fourth-order valence-corrected chi connectivity index (χ4v) is 4.55. The van der Waals surface area contributed by atoms with Gasteiger partial charge in [0, 0.05) is 31.7 Å². The lowest BCUT2D eigenvalue weighted by molar-refractivity contribution is -0.136. The van der Waals surface area contributed by atoms with Gasteiger partial charge in [-0.15, -0.1) is 11.3 Å². The standard InChI is InChI=1S/C24H29N5O3S/c1-16(2)20(25-22(30)19-10-7-15-33-19)24(31)29-13-11-28(12-14-29)17(3)23-26-21(27-32-23)18-8-5-4-6-9-18/h4-10,15-17,20H,11-14H2,1-3H3,(H,25,30). The molecule has 2 unspecified atom stereocenters. The van der Waals surface area contributed by atoms with Crippen LogP contribution >= 0.6 is 11.3 Å². The van der Waals surface area contributed by atoms with Gasteiger partial charge in [0.1, 0.15) is 6.04 Å². The van der Waals surface area contributed by atoms with E-state index in [0.29, 0.717) is 42.8 Å². The quantitative estimate of drug-likeness (QED) is 0.572. The van der Waals surface area contributed by atoms with Crippen molar-refractivity contribution in [3.8, 4) is 11.4 Å². The van der Waals surface area contributed by atoms with E-state index in [1.54, 1.807) is 6.07 Å². The van der Waals surface area contributed by atoms with E-state index < -0.39 is 6.04 Å². The van der Waals surface area contributed by atoms with Crippen LogP contribution < -0.4 is 5.32 Å². The first-order chi connectivity index (χ1) is 15.9. The molecule has 2 aromatic heterocycles. The summed E-state index contributed by atoms with van der Waals surface area (Å²) in [5.74, 6) is 0.902. The molecule has 1 aliphatic heterocycles. The smallest absolute Gasteiger partial charge is 0.262 e. The van der Waals surface area contributed by atoms with E-state index in [9.17, 15) is 9.59 Å². The molecule has 9 heteroatoms. The summed E-state index contributed by atoms with van der Waals surface area (Å²) < 4.78 is 5.53. The largest absolute Gasteiger partial charge is 0.339 e. The number of carbonyl (C=O) groups excluding carboxylic acids is 2. The first kappa shape index (κ1) is 23.1. The summed E-state index contributed by atoms with van der Waals surface area (Å²) in [5.41, 5.74) is 0.916. The molecule has 4 rings (SSSR count). The van der Waals surface area contributed by atoms with Crippen molar-refractivity contribution < 1.29 is 14.1 Å². The number of rotatable bonds is 7. The van der Waals surface area contributed by atoms with Crippen LogP contribution in [0.4, 0.5) is 0 Å². The van der Waals surface area contributed by atoms with Crippen LogP contribution in [0, 0.1) is 5.92 Å². The van der Waals surface area contributed by atoms with Crippen molar-refractivity contribution in [2.75, 3.05) is 26.2 Å². The maximum Gasteiger partial charge on any atom is 0.262 e. The number of aromatic nitrogens is 2. The molecule has 0 radical (unpaired) electrons. The molecule has 0 saturated carbocycles. The Hall–Kier alpha value is -3.04. The van der Waals surface area contributed by atoms with Crippen LogP contribution in [0.5, 0.6) is 0 Å². The SMILES string of the molecule is CC(C)C(NC(=O)c1cccs1)C(=O)N1CCN(C(C)c2nc(-c3ccccc3)no2)CC1. The third kappa shape index (κ3) is 5.31. The van der Waals surface area contributed by atoms with Crippen LogP contribution in [-0.4, -0.2) is 64.0 Å². The summed E-state index contributed by atoms with van der Waals surface area (Å²) in [5, 5.41) is 8.90. The highest BCUT2D eigenvalue weighted by atomic mass is 32.1. The number of thiophene rings is 1. The predicted molar refractivity (Wildman–Crippen MR) is 127 cm³/mol. The first-order valence-corrected chi connectivity index (χ1v) is 12.1. The van der Waals surface area contributed by atoms with Crippen molar-refractivity contribution in [2.24, 2.45) is 5.92 Å². The number of carbonyl (C=O) groups is 2. The molecule has 1 N–H and O–H groups in total. The van der Waals surface area contributed by atoms with Crippen LogP contribution in [0.25, 0.3) is 11.4 Å². The maximum absolute atomic E-state index is 13.2. The average molecular weight is 468 g/mol. The van der Waals surface area contributed by atoms with Crippen molar-refractivity contribution in [3.05, 3.63) is 58.6 Å². The second-order valence-electron chi connectivity index (χ2n) is 8.53. The van der Waals surface area contributed by atoms with E-state index >= 15 is 0 Å². The Morgan fingerprint density at radius 2 is 1.76 bits per heavy atom. The van der Waals surface area contributed by atoms with E-state index in [-0.39, 0.29) is 23.8 Å². The van der Waals surface area contributed by atoms with E-state index in [1.165, 1.54) is 11.3 Å². The second kappa shape index (κ2) is 10.3. The molecule has 1 saturated heterocycles. The molecule has 2 atom stereocenters. The number of hydrogen-bond acceptors (Lipinski definition) is 7. The van der Waals surface area contributed by atoms with Crippen molar-refractivity contribution in [3.63, 3.8) is 0 Å². The monoisotopic (exact) mass is 467 g/mol. The molecule has 0 bridgehead atoms. The molecule has 1 aromatic carbocycles. The molecule has 2 amide bonds. The molecule has 1 aliphatic rings. The lowest BCUT2D eigenvalue weighted by Gasteiger charge is -2.38. The molecule has 33 heavy (non-hydrogen) atoms. The Kier molecular flexibility index (Phi) is 7.20. The van der Waals surface area contributed by atoms with Crippen LogP contribution in [0.2, 0.25) is 0 Å². The minimum Gasteiger partial charge on any atom is -0.339 e. The van der Waals surface area contributed by atoms with Gasteiger partial charge in [-0.1, -0.05) is 55.4 Å². The predicted octanol–water partition coefficient (Wildman–Crippen LogP) is 3.46. The second-order valence-corrected chi connectivity index (χ2v) is 9.48. The third-order valence-electron chi connectivity index (χ3n) is 5.97. The minimum absolute atomic E-state index is 0.00633. The van der Waals surface area contributed by atoms with Crippen molar-refractivity contribution in [2.45, 2.75) is 32.9 Å². The van der Waals surface area contributed by atoms with Crippen molar-refractivity contribution in [1.82, 2.24) is 25.3 Å². The summed E-state index contributed by atoms with van der Waals surface area (Å²) in [6, 6.07) is 12.7. The molecular weight excluding hydrogens is 438 g/mol. The molecule has 0 spiro atoms. The fraction of sp³-hybridized carbons (Fsp3) is 0.417. The van der Waals surface area contributed by atoms with Gasteiger partial charge in [-0.2, -0.15) is 4.98 Å². The average Bonchev–Trinajstić information content (AvgIpc) is 3.55. The fourth-order valence-electron chi connectivity index (χ4n) is 3.93. The Bertz CT molecular complexity index is 1060. The Balaban J connectivity index is 1.35. The highest BCUT2D eigenvalue weighted by Crippen LogP contribution is 2.24. The first-order valence-electron chi connectivity index (χ1n) is 11.2. The zero-order chi connectivity index (χ0) is 23.4. The molecule has 8 nitrogen and oxygen atoms in total. The van der Waals surface area contributed by atoms with Crippen molar-refractivity contribution in [1.29, 1.82) is 0 Å². The molecule has 3 heterocycles. The van der Waals surface area contributed by atoms with Crippen LogP contribution in [0.1, 0.15) is 42.4 Å². The van der Waals surface area contributed by atoms with Gasteiger partial charge in [0.15, 0.2) is 0 Å². The number of benzene rings is 1. The zero-order valence-corrected chi connectivity index (χ0v) is 19.9. The normalized spacial score (nSPS) is 16.5. The van der Waals surface area contributed by atoms with Crippen LogP contribution in [0.3, 0.4) is 0 Å². The highest BCUT2D eigenvalue weighted by Gasteiger charge is 2.33. The lowest BCUT2D eigenvalue weighted by atomic mass is 10.0. The number of hydrogen-bond donors (Lipinski definition) is 1. The minimum atomic E-state index is -0.548. The van der Waals surface area contributed by atoms with E-state index in [4.69, 9.17) is 4.52 Å². The number of nitrogens with zero attached hydrogens (tertiary/aromatic N) is 4. The van der Waals surface area contributed by atoms with E-state index in [0.717, 1.165) is 5.56 Å². The molecule has 0 aliphatic carbocycles. The van der Waals surface area contributed by atoms with Gasteiger partial charge in [-0.25, -0.2) is 0 Å². The summed E-state index contributed by atoms with van der Waals surface area (Å²) in [6.07, 6.45) is 0. The summed E-state index contributed by atoms with van der Waals surface area (Å²) >= 11 is 1.37. The number of piperazine rings is 1. The maximum atomic E-state index is 13.2. The summed E-state index contributed by atoms with van der Waals surface area (Å²) in [7, 11) is 0. The molecule has 3 aromatic rings. The van der Waals surface area contributed by atoms with Gasteiger partial charge < -0.3 is 14.7 Å². The molecule has 1 fully saturated rings. The van der Waals surface area contributed by atoms with E-state index in [1.807, 2.05) is 67.4 Å². The number of nitrogens with one attached hydrogen (secondary N) is 1. The molecule has 174 valence electrons. The van der Waals surface area contributed by atoms with Gasteiger partial charge in [0.25, 0.3) is 5.91 Å².